The summed E-state index contributed by atoms with van der Waals surface area (Å²) in [4.78, 5) is 0. The Balaban J connectivity index is 1.79. The van der Waals surface area contributed by atoms with Crippen molar-refractivity contribution in [3.63, 3.8) is 0 Å². The first-order valence-corrected chi connectivity index (χ1v) is 9.31. The predicted octanol–water partition coefficient (Wildman–Crippen LogP) is 5.31. The molecule has 0 amide bonds. The number of hydrogen-bond acceptors (Lipinski definition) is 4. The summed E-state index contributed by atoms with van der Waals surface area (Å²) in [5, 5.41) is 10.3. The van der Waals surface area contributed by atoms with Crippen molar-refractivity contribution in [1.82, 2.24) is 10.4 Å². The van der Waals surface area contributed by atoms with Crippen LogP contribution in [0.15, 0.2) is 84.0 Å². The van der Waals surface area contributed by atoms with Gasteiger partial charge in [0.2, 0.25) is 0 Å². The van der Waals surface area contributed by atoms with Crippen LogP contribution >= 0.6 is 23.2 Å². The van der Waals surface area contributed by atoms with E-state index in [2.05, 4.69) is 5.43 Å². The van der Waals surface area contributed by atoms with Crippen LogP contribution in [0.3, 0.4) is 0 Å². The number of anilines is 1. The van der Waals surface area contributed by atoms with Crippen LogP contribution in [-0.2, 0) is 0 Å². The molecule has 1 N–H and O–H groups in total. The number of halogens is 2. The predicted molar refractivity (Wildman–Crippen MR) is 112 cm³/mol. The number of nitrogens with zero attached hydrogens (tertiary/aromatic N) is 3. The Morgan fingerprint density at radius 3 is 2.04 bits per heavy atom. The normalized spacial score (nSPS) is 17.0. The van der Waals surface area contributed by atoms with E-state index in [9.17, 15) is 0 Å². The van der Waals surface area contributed by atoms with Gasteiger partial charge in [-0.3, -0.25) is 5.01 Å². The minimum absolute atomic E-state index is 0.161. The molecule has 136 valence electrons. The van der Waals surface area contributed by atoms with Crippen LogP contribution in [0.25, 0.3) is 0 Å². The number of hydrogen-bond donors (Lipinski definition) is 1. The summed E-state index contributed by atoms with van der Waals surface area (Å²) in [5.41, 5.74) is 6.55. The van der Waals surface area contributed by atoms with Crippen LogP contribution in [0.4, 0.5) is 5.69 Å². The van der Waals surface area contributed by atoms with Crippen molar-refractivity contribution >= 4 is 34.7 Å². The number of para-hydroxylation sites is 1. The van der Waals surface area contributed by atoms with Gasteiger partial charge < -0.3 is 0 Å². The third-order valence-corrected chi connectivity index (χ3v) is 4.89. The summed E-state index contributed by atoms with van der Waals surface area (Å²) in [6, 6.07) is 25.5. The van der Waals surface area contributed by atoms with Gasteiger partial charge >= 0.3 is 0 Å². The maximum Gasteiger partial charge on any atom is 0.170 e. The molecule has 3 aromatic rings. The van der Waals surface area contributed by atoms with Crippen LogP contribution in [0.2, 0.25) is 10.0 Å². The lowest BCUT2D eigenvalue weighted by atomic mass is 10.1. The fourth-order valence-corrected chi connectivity index (χ4v) is 3.28. The fraction of sp³-hybridized carbons (Fsp3) is 0.0952. The van der Waals surface area contributed by atoms with Crippen molar-refractivity contribution in [2.75, 3.05) is 12.1 Å². The van der Waals surface area contributed by atoms with Gasteiger partial charge in [-0.15, -0.1) is 0 Å². The molecule has 1 unspecified atom stereocenters. The van der Waals surface area contributed by atoms with Crippen molar-refractivity contribution < 1.29 is 0 Å². The fourth-order valence-electron chi connectivity index (χ4n) is 3.02. The third-order valence-electron chi connectivity index (χ3n) is 4.39. The van der Waals surface area contributed by atoms with E-state index in [1.165, 1.54) is 0 Å². The monoisotopic (exact) mass is 396 g/mol. The van der Waals surface area contributed by atoms with Gasteiger partial charge in [0.25, 0.3) is 0 Å². The van der Waals surface area contributed by atoms with E-state index in [4.69, 9.17) is 28.3 Å². The molecule has 0 aromatic heterocycles. The van der Waals surface area contributed by atoms with Crippen LogP contribution in [0.5, 0.6) is 0 Å². The molecular formula is C21H18Cl2N4. The van der Waals surface area contributed by atoms with Crippen molar-refractivity contribution in [1.29, 1.82) is 0 Å². The maximum absolute atomic E-state index is 6.07. The summed E-state index contributed by atoms with van der Waals surface area (Å²) in [6.07, 6.45) is -0.161. The molecule has 6 heteroatoms. The number of amidine groups is 1. The Morgan fingerprint density at radius 2 is 1.41 bits per heavy atom. The molecule has 0 fully saturated rings. The first kappa shape index (κ1) is 17.9. The second-order valence-electron chi connectivity index (χ2n) is 6.25. The SMILES string of the molecule is CN1NC(c2ccc(Cl)cc2)N(c2ccccc2)N=C1c1ccc(Cl)cc1. The Morgan fingerprint density at radius 1 is 0.815 bits per heavy atom. The van der Waals surface area contributed by atoms with Gasteiger partial charge in [-0.05, 0) is 54.1 Å². The molecular weight excluding hydrogens is 379 g/mol. The van der Waals surface area contributed by atoms with Crippen molar-refractivity contribution in [3.8, 4) is 0 Å². The van der Waals surface area contributed by atoms with Crippen LogP contribution in [0.1, 0.15) is 17.3 Å². The molecule has 0 saturated carbocycles. The van der Waals surface area contributed by atoms with E-state index in [0.717, 1.165) is 22.6 Å². The number of rotatable bonds is 3. The Hall–Kier alpha value is -2.53. The zero-order valence-electron chi connectivity index (χ0n) is 14.7. The molecule has 1 atom stereocenters. The zero-order chi connectivity index (χ0) is 18.8. The zero-order valence-corrected chi connectivity index (χ0v) is 16.2. The Labute approximate surface area is 168 Å². The largest absolute Gasteiger partial charge is 0.291 e. The average Bonchev–Trinajstić information content (AvgIpc) is 2.70. The van der Waals surface area contributed by atoms with Gasteiger partial charge in [-0.1, -0.05) is 53.5 Å². The van der Waals surface area contributed by atoms with E-state index in [-0.39, 0.29) is 6.17 Å². The summed E-state index contributed by atoms with van der Waals surface area (Å²) in [6.45, 7) is 0. The topological polar surface area (TPSA) is 30.9 Å². The highest BCUT2D eigenvalue weighted by Crippen LogP contribution is 2.30. The van der Waals surface area contributed by atoms with E-state index >= 15 is 0 Å². The van der Waals surface area contributed by atoms with Crippen molar-refractivity contribution in [2.45, 2.75) is 6.17 Å². The third kappa shape index (κ3) is 3.78. The second kappa shape index (κ2) is 7.61. The highest BCUT2D eigenvalue weighted by molar-refractivity contribution is 6.30. The molecule has 0 aliphatic carbocycles. The van der Waals surface area contributed by atoms with Gasteiger partial charge in [-0.2, -0.15) is 5.10 Å². The summed E-state index contributed by atoms with van der Waals surface area (Å²) in [7, 11) is 1.96. The standard InChI is InChI=1S/C21H18Cl2N4/c1-26-20(15-7-11-17(22)12-8-15)25-27(19-5-3-2-4-6-19)21(24-26)16-9-13-18(23)14-10-16/h2-14,21,24H,1H3. The molecule has 0 saturated heterocycles. The first-order valence-electron chi connectivity index (χ1n) is 8.56. The van der Waals surface area contributed by atoms with Crippen LogP contribution in [-0.4, -0.2) is 17.9 Å². The Kier molecular flexibility index (Phi) is 5.03. The van der Waals surface area contributed by atoms with E-state index in [1.807, 2.05) is 95.9 Å². The molecule has 0 bridgehead atoms. The lowest BCUT2D eigenvalue weighted by molar-refractivity contribution is 0.277. The number of hydrazine groups is 1. The summed E-state index contributed by atoms with van der Waals surface area (Å²) in [5.74, 6) is 0.806. The van der Waals surface area contributed by atoms with Gasteiger partial charge in [0.05, 0.1) is 5.69 Å². The number of hydrazone groups is 1. The van der Waals surface area contributed by atoms with E-state index in [1.54, 1.807) is 0 Å². The number of benzene rings is 3. The first-order chi connectivity index (χ1) is 13.1. The van der Waals surface area contributed by atoms with Crippen LogP contribution in [0, 0.1) is 0 Å². The number of nitrogens with one attached hydrogen (secondary N) is 1. The lowest BCUT2D eigenvalue weighted by Crippen LogP contribution is -2.52. The highest BCUT2D eigenvalue weighted by atomic mass is 35.5. The molecule has 1 aliphatic rings. The average molecular weight is 397 g/mol. The summed E-state index contributed by atoms with van der Waals surface area (Å²) >= 11 is 12.1. The molecule has 0 spiro atoms. The Bertz CT molecular complexity index is 940. The second-order valence-corrected chi connectivity index (χ2v) is 7.13. The van der Waals surface area contributed by atoms with E-state index in [0.29, 0.717) is 10.0 Å². The smallest absolute Gasteiger partial charge is 0.170 e. The molecule has 1 aliphatic heterocycles. The molecule has 4 rings (SSSR count). The lowest BCUT2D eigenvalue weighted by Gasteiger charge is -2.40. The maximum atomic E-state index is 6.07. The molecule has 0 radical (unpaired) electrons. The molecule has 1 heterocycles. The van der Waals surface area contributed by atoms with Crippen molar-refractivity contribution in [2.24, 2.45) is 5.10 Å². The summed E-state index contributed by atoms with van der Waals surface area (Å²) < 4.78 is 0. The molecule has 4 nitrogen and oxygen atoms in total. The highest BCUT2D eigenvalue weighted by Gasteiger charge is 2.29. The quantitative estimate of drug-likeness (QED) is 0.650. The minimum Gasteiger partial charge on any atom is -0.291 e. The van der Waals surface area contributed by atoms with Crippen molar-refractivity contribution in [3.05, 3.63) is 100 Å². The van der Waals surface area contributed by atoms with Gasteiger partial charge in [0.15, 0.2) is 5.84 Å². The minimum atomic E-state index is -0.161. The van der Waals surface area contributed by atoms with Gasteiger partial charge in [0, 0.05) is 22.7 Å². The van der Waals surface area contributed by atoms with Crippen LogP contribution < -0.4 is 10.4 Å². The molecule has 27 heavy (non-hydrogen) atoms. The van der Waals surface area contributed by atoms with Gasteiger partial charge in [-0.25, -0.2) is 10.4 Å². The van der Waals surface area contributed by atoms with Gasteiger partial charge in [0.1, 0.15) is 6.17 Å². The molecule has 3 aromatic carbocycles. The van der Waals surface area contributed by atoms with E-state index < -0.39 is 0 Å².